The van der Waals surface area contributed by atoms with Gasteiger partial charge in [-0.05, 0) is 18.0 Å². The van der Waals surface area contributed by atoms with Crippen LogP contribution >= 0.6 is 34.9 Å². The minimum absolute atomic E-state index is 0.171. The van der Waals surface area contributed by atoms with Crippen LogP contribution in [0.25, 0.3) is 10.9 Å². The fraction of sp³-hybridized carbons (Fsp3) is 0.0833. The summed E-state index contributed by atoms with van der Waals surface area (Å²) in [4.78, 5) is 6.75. The normalized spacial score (nSPS) is 11.4. The number of rotatable bonds is 4. The first kappa shape index (κ1) is 13.7. The van der Waals surface area contributed by atoms with E-state index < -0.39 is 6.43 Å². The van der Waals surface area contributed by atoms with Crippen LogP contribution in [0, 0.1) is 0 Å². The number of aromatic amines is 1. The van der Waals surface area contributed by atoms with Gasteiger partial charge in [0.25, 0.3) is 6.43 Å². The van der Waals surface area contributed by atoms with Crippen molar-refractivity contribution in [2.45, 2.75) is 10.6 Å². The highest BCUT2D eigenvalue weighted by atomic mass is 35.5. The minimum atomic E-state index is -2.53. The number of anilines is 1. The molecule has 0 radical (unpaired) electrons. The first-order chi connectivity index (χ1) is 9.65. The van der Waals surface area contributed by atoms with Crippen molar-refractivity contribution in [3.8, 4) is 0 Å². The van der Waals surface area contributed by atoms with Gasteiger partial charge in [0.1, 0.15) is 4.21 Å². The molecule has 8 heteroatoms. The minimum Gasteiger partial charge on any atom is -0.358 e. The first-order valence-corrected chi connectivity index (χ1v) is 7.58. The van der Waals surface area contributed by atoms with Crippen LogP contribution in [0.2, 0.25) is 5.02 Å². The van der Waals surface area contributed by atoms with E-state index in [9.17, 15) is 8.78 Å². The van der Waals surface area contributed by atoms with Crippen LogP contribution in [0.15, 0.2) is 34.8 Å². The summed E-state index contributed by atoms with van der Waals surface area (Å²) in [5.41, 5.74) is 1.72. The van der Waals surface area contributed by atoms with Crippen LogP contribution < -0.4 is 4.72 Å². The largest absolute Gasteiger partial charge is 0.358 e. The molecule has 0 aliphatic rings. The van der Waals surface area contributed by atoms with Gasteiger partial charge in [0.15, 0.2) is 5.01 Å². The Morgan fingerprint density at radius 2 is 2.25 bits per heavy atom. The molecule has 104 valence electrons. The second-order valence-corrected chi connectivity index (χ2v) is 6.46. The first-order valence-electron chi connectivity index (χ1n) is 5.57. The number of thiazole rings is 1. The highest BCUT2D eigenvalue weighted by Gasteiger charge is 2.13. The van der Waals surface area contributed by atoms with E-state index in [1.165, 1.54) is 18.1 Å². The molecule has 0 aliphatic carbocycles. The van der Waals surface area contributed by atoms with E-state index in [1.807, 2.05) is 18.2 Å². The average Bonchev–Trinajstić information content (AvgIpc) is 3.04. The van der Waals surface area contributed by atoms with E-state index >= 15 is 0 Å². The van der Waals surface area contributed by atoms with Crippen molar-refractivity contribution in [1.82, 2.24) is 9.97 Å². The Hall–Kier alpha value is -1.31. The fourth-order valence-corrected chi connectivity index (χ4v) is 3.48. The number of hydrogen-bond donors (Lipinski definition) is 2. The van der Waals surface area contributed by atoms with Crippen molar-refractivity contribution in [1.29, 1.82) is 0 Å². The van der Waals surface area contributed by atoms with E-state index in [-0.39, 0.29) is 5.01 Å². The third kappa shape index (κ3) is 2.61. The number of H-pyrrole nitrogens is 1. The van der Waals surface area contributed by atoms with Crippen LogP contribution in [-0.4, -0.2) is 9.97 Å². The summed E-state index contributed by atoms with van der Waals surface area (Å²) in [6.07, 6.45) is 0.620. The standard InChI is InChI=1S/C12H8ClF2N3S2/c13-7-4-16-10-6(7)2-1-3-8(10)18-20-9-5-17-12(19-9)11(14)15/h1-5,11,16,18H. The molecule has 20 heavy (non-hydrogen) atoms. The zero-order valence-corrected chi connectivity index (χ0v) is 12.3. The van der Waals surface area contributed by atoms with Gasteiger partial charge in [-0.1, -0.05) is 23.7 Å². The number of fused-ring (bicyclic) bond motifs is 1. The molecule has 2 heterocycles. The molecule has 0 saturated heterocycles. The van der Waals surface area contributed by atoms with Crippen molar-refractivity contribution in [3.63, 3.8) is 0 Å². The van der Waals surface area contributed by atoms with Gasteiger partial charge in [-0.15, -0.1) is 11.3 Å². The summed E-state index contributed by atoms with van der Waals surface area (Å²) in [5, 5.41) is 1.39. The molecular weight excluding hydrogens is 324 g/mol. The van der Waals surface area contributed by atoms with E-state index in [4.69, 9.17) is 11.6 Å². The Labute approximate surface area is 126 Å². The van der Waals surface area contributed by atoms with Gasteiger partial charge in [-0.25, -0.2) is 13.8 Å². The zero-order chi connectivity index (χ0) is 14.1. The SMILES string of the molecule is FC(F)c1ncc(SNc2cccc3c(Cl)c[nH]c23)s1. The molecule has 3 rings (SSSR count). The highest BCUT2D eigenvalue weighted by Crippen LogP contribution is 2.34. The maximum absolute atomic E-state index is 12.5. The number of para-hydroxylation sites is 1. The van der Waals surface area contributed by atoms with Crippen molar-refractivity contribution < 1.29 is 8.78 Å². The smallest absolute Gasteiger partial charge is 0.289 e. The van der Waals surface area contributed by atoms with Gasteiger partial charge in [0.2, 0.25) is 0 Å². The van der Waals surface area contributed by atoms with Gasteiger partial charge < -0.3 is 9.71 Å². The van der Waals surface area contributed by atoms with E-state index in [0.29, 0.717) is 9.23 Å². The van der Waals surface area contributed by atoms with Crippen LogP contribution in [0.1, 0.15) is 11.4 Å². The van der Waals surface area contributed by atoms with E-state index in [2.05, 4.69) is 14.7 Å². The molecule has 2 aromatic heterocycles. The van der Waals surface area contributed by atoms with Crippen LogP contribution in [-0.2, 0) is 0 Å². The number of benzene rings is 1. The Kier molecular flexibility index (Phi) is 3.82. The predicted octanol–water partition coefficient (Wildman–Crippen LogP) is 5.33. The van der Waals surface area contributed by atoms with Gasteiger partial charge in [-0.2, -0.15) is 0 Å². The Morgan fingerprint density at radius 3 is 3.00 bits per heavy atom. The summed E-state index contributed by atoms with van der Waals surface area (Å²) in [7, 11) is 0. The number of alkyl halides is 2. The average molecular weight is 332 g/mol. The van der Waals surface area contributed by atoms with E-state index in [1.54, 1.807) is 6.20 Å². The lowest BCUT2D eigenvalue weighted by atomic mass is 10.2. The van der Waals surface area contributed by atoms with Crippen molar-refractivity contribution >= 4 is 51.5 Å². The lowest BCUT2D eigenvalue weighted by Gasteiger charge is -2.04. The molecule has 0 aliphatic heterocycles. The van der Waals surface area contributed by atoms with Gasteiger partial charge in [0, 0.05) is 11.6 Å². The van der Waals surface area contributed by atoms with Gasteiger partial charge in [-0.3, -0.25) is 0 Å². The lowest BCUT2D eigenvalue weighted by Crippen LogP contribution is -1.86. The van der Waals surface area contributed by atoms with Gasteiger partial charge >= 0.3 is 0 Å². The molecule has 0 unspecified atom stereocenters. The monoisotopic (exact) mass is 331 g/mol. The molecular formula is C12H8ClF2N3S2. The number of hydrogen-bond acceptors (Lipinski definition) is 4. The van der Waals surface area contributed by atoms with Crippen LogP contribution in [0.4, 0.5) is 14.5 Å². The topological polar surface area (TPSA) is 40.7 Å². The maximum Gasteiger partial charge on any atom is 0.289 e. The van der Waals surface area contributed by atoms with Crippen molar-refractivity contribution in [2.75, 3.05) is 4.72 Å². The van der Waals surface area contributed by atoms with E-state index in [0.717, 1.165) is 27.9 Å². The summed E-state index contributed by atoms with van der Waals surface area (Å²) < 4.78 is 28.7. The summed E-state index contributed by atoms with van der Waals surface area (Å²) in [6.45, 7) is 0. The molecule has 0 saturated carbocycles. The molecule has 0 spiro atoms. The molecule has 1 aromatic carbocycles. The Morgan fingerprint density at radius 1 is 1.40 bits per heavy atom. The lowest BCUT2D eigenvalue weighted by molar-refractivity contribution is 0.151. The molecule has 0 amide bonds. The van der Waals surface area contributed by atoms with Crippen LogP contribution in [0.5, 0.6) is 0 Å². The molecule has 2 N–H and O–H groups in total. The number of nitrogens with zero attached hydrogens (tertiary/aromatic N) is 1. The third-order valence-electron chi connectivity index (χ3n) is 2.62. The van der Waals surface area contributed by atoms with Crippen molar-refractivity contribution in [3.05, 3.63) is 40.6 Å². The second-order valence-electron chi connectivity index (χ2n) is 3.89. The molecule has 0 fully saturated rings. The second kappa shape index (κ2) is 5.59. The summed E-state index contributed by atoms with van der Waals surface area (Å²) in [6, 6.07) is 5.67. The fourth-order valence-electron chi connectivity index (χ4n) is 1.73. The van der Waals surface area contributed by atoms with Crippen LogP contribution in [0.3, 0.4) is 0 Å². The molecule has 3 nitrogen and oxygen atoms in total. The summed E-state index contributed by atoms with van der Waals surface area (Å²) in [5.74, 6) is 0. The van der Waals surface area contributed by atoms with Gasteiger partial charge in [0.05, 0.1) is 22.4 Å². The molecule has 0 atom stereocenters. The number of halogens is 3. The van der Waals surface area contributed by atoms with Crippen molar-refractivity contribution in [2.24, 2.45) is 0 Å². The zero-order valence-electron chi connectivity index (χ0n) is 9.86. The predicted molar refractivity (Wildman–Crippen MR) is 79.9 cm³/mol. The molecule has 0 bridgehead atoms. The Bertz CT molecular complexity index is 741. The highest BCUT2D eigenvalue weighted by molar-refractivity contribution is 8.02. The quantitative estimate of drug-likeness (QED) is 0.634. The summed E-state index contributed by atoms with van der Waals surface area (Å²) >= 11 is 8.26. The number of aromatic nitrogens is 2. The number of nitrogens with one attached hydrogen (secondary N) is 2. The molecule has 3 aromatic rings. The Balaban J connectivity index is 1.79. The third-order valence-corrected chi connectivity index (χ3v) is 4.86. The maximum atomic E-state index is 12.5.